The van der Waals surface area contributed by atoms with Gasteiger partial charge in [0.25, 0.3) is 0 Å². The molecule has 12 heavy (non-hydrogen) atoms. The Morgan fingerprint density at radius 2 is 1.92 bits per heavy atom. The van der Waals surface area contributed by atoms with Gasteiger partial charge < -0.3 is 9.30 Å². The number of hydrogen-bond acceptors (Lipinski definition) is 1. The lowest BCUT2D eigenvalue weighted by molar-refractivity contribution is 0.103. The van der Waals surface area contributed by atoms with Crippen LogP contribution in [0.15, 0.2) is 24.5 Å². The Bertz CT molecular complexity index is 192. The Morgan fingerprint density at radius 1 is 1.25 bits per heavy atom. The van der Waals surface area contributed by atoms with Crippen molar-refractivity contribution in [2.45, 2.75) is 20.4 Å². The normalized spacial score (nSPS) is 10.9. The van der Waals surface area contributed by atoms with E-state index in [0.29, 0.717) is 5.92 Å². The predicted octanol–water partition coefficient (Wildman–Crippen LogP) is 2.16. The minimum absolute atomic E-state index is 0.634. The summed E-state index contributed by atoms with van der Waals surface area (Å²) in [7, 11) is 0. The molecule has 0 atom stereocenters. The molecule has 2 nitrogen and oxygen atoms in total. The predicted molar refractivity (Wildman–Crippen MR) is 50.1 cm³/mol. The fourth-order valence-corrected chi connectivity index (χ4v) is 1.01. The van der Waals surface area contributed by atoms with Crippen molar-refractivity contribution in [2.75, 3.05) is 13.2 Å². The van der Waals surface area contributed by atoms with E-state index in [1.807, 2.05) is 12.1 Å². The summed E-state index contributed by atoms with van der Waals surface area (Å²) in [4.78, 5) is 0. The van der Waals surface area contributed by atoms with Crippen LogP contribution in [-0.4, -0.2) is 17.8 Å². The van der Waals surface area contributed by atoms with E-state index in [1.54, 1.807) is 0 Å². The summed E-state index contributed by atoms with van der Waals surface area (Å²) in [5.41, 5.74) is 0. The third kappa shape index (κ3) is 3.58. The van der Waals surface area contributed by atoms with Crippen LogP contribution >= 0.6 is 0 Å². The van der Waals surface area contributed by atoms with Crippen molar-refractivity contribution in [3.8, 4) is 0 Å². The van der Waals surface area contributed by atoms with Gasteiger partial charge in [-0.1, -0.05) is 13.8 Å². The second-order valence-electron chi connectivity index (χ2n) is 3.39. The fourth-order valence-electron chi connectivity index (χ4n) is 1.01. The molecule has 0 N–H and O–H groups in total. The molecule has 0 aliphatic carbocycles. The maximum atomic E-state index is 5.45. The average Bonchev–Trinajstić information content (AvgIpc) is 2.49. The van der Waals surface area contributed by atoms with Gasteiger partial charge >= 0.3 is 0 Å². The Morgan fingerprint density at radius 3 is 2.50 bits per heavy atom. The summed E-state index contributed by atoms with van der Waals surface area (Å²) in [6, 6.07) is 4.06. The zero-order valence-electron chi connectivity index (χ0n) is 7.86. The van der Waals surface area contributed by atoms with Gasteiger partial charge in [0.1, 0.15) is 0 Å². The maximum Gasteiger partial charge on any atom is 0.0645 e. The largest absolute Gasteiger partial charge is 0.379 e. The van der Waals surface area contributed by atoms with Crippen molar-refractivity contribution in [2.24, 2.45) is 5.92 Å². The van der Waals surface area contributed by atoms with Gasteiger partial charge in [-0.2, -0.15) is 0 Å². The summed E-state index contributed by atoms with van der Waals surface area (Å²) in [6.45, 7) is 6.96. The van der Waals surface area contributed by atoms with Crippen molar-refractivity contribution >= 4 is 0 Å². The third-order valence-electron chi connectivity index (χ3n) is 1.61. The lowest BCUT2D eigenvalue weighted by Gasteiger charge is -2.06. The van der Waals surface area contributed by atoms with E-state index in [-0.39, 0.29) is 0 Å². The Hall–Kier alpha value is -0.760. The zero-order chi connectivity index (χ0) is 8.81. The quantitative estimate of drug-likeness (QED) is 0.613. The number of rotatable bonds is 5. The first-order valence-corrected chi connectivity index (χ1v) is 4.47. The molecular formula is C10H17NO. The van der Waals surface area contributed by atoms with Crippen molar-refractivity contribution < 1.29 is 4.74 Å². The fraction of sp³-hybridized carbons (Fsp3) is 0.600. The van der Waals surface area contributed by atoms with Gasteiger partial charge in [-0.15, -0.1) is 0 Å². The molecule has 1 rings (SSSR count). The van der Waals surface area contributed by atoms with Crippen molar-refractivity contribution in [3.05, 3.63) is 24.5 Å². The first-order chi connectivity index (χ1) is 5.79. The van der Waals surface area contributed by atoms with Gasteiger partial charge in [0, 0.05) is 25.5 Å². The van der Waals surface area contributed by atoms with E-state index in [1.165, 1.54) is 0 Å². The van der Waals surface area contributed by atoms with E-state index < -0.39 is 0 Å². The Kier molecular flexibility index (Phi) is 3.88. The summed E-state index contributed by atoms with van der Waals surface area (Å²) in [5, 5.41) is 0. The summed E-state index contributed by atoms with van der Waals surface area (Å²) >= 11 is 0. The van der Waals surface area contributed by atoms with Crippen molar-refractivity contribution in [1.82, 2.24) is 4.57 Å². The molecule has 0 aliphatic heterocycles. The van der Waals surface area contributed by atoms with Gasteiger partial charge in [0.15, 0.2) is 0 Å². The van der Waals surface area contributed by atoms with Crippen molar-refractivity contribution in [1.29, 1.82) is 0 Å². The van der Waals surface area contributed by atoms with Crippen molar-refractivity contribution in [3.63, 3.8) is 0 Å². The van der Waals surface area contributed by atoms with Gasteiger partial charge in [-0.3, -0.25) is 0 Å². The molecule has 2 heteroatoms. The average molecular weight is 167 g/mol. The van der Waals surface area contributed by atoms with Crippen LogP contribution in [0.2, 0.25) is 0 Å². The Balaban J connectivity index is 2.04. The lowest BCUT2D eigenvalue weighted by atomic mass is 10.2. The molecule has 0 aromatic carbocycles. The monoisotopic (exact) mass is 167 g/mol. The second-order valence-corrected chi connectivity index (χ2v) is 3.39. The van der Waals surface area contributed by atoms with Gasteiger partial charge in [0.2, 0.25) is 0 Å². The molecular weight excluding hydrogens is 150 g/mol. The molecule has 1 heterocycles. The molecule has 0 unspecified atom stereocenters. The van der Waals surface area contributed by atoms with Crippen LogP contribution in [0.5, 0.6) is 0 Å². The molecule has 0 bridgehead atoms. The first-order valence-electron chi connectivity index (χ1n) is 4.47. The molecule has 0 amide bonds. The standard InChI is InChI=1S/C10H17NO/c1-10(2)9-12-8-7-11-5-3-4-6-11/h3-6,10H,7-9H2,1-2H3. The number of ether oxygens (including phenoxy) is 1. The Labute approximate surface area is 74.2 Å². The molecule has 1 aromatic heterocycles. The zero-order valence-corrected chi connectivity index (χ0v) is 7.86. The molecule has 0 aliphatic rings. The number of hydrogen-bond donors (Lipinski definition) is 0. The van der Waals surface area contributed by atoms with E-state index in [2.05, 4.69) is 30.8 Å². The van der Waals surface area contributed by atoms with Gasteiger partial charge in [0.05, 0.1) is 6.61 Å². The highest BCUT2D eigenvalue weighted by Crippen LogP contribution is 1.94. The SMILES string of the molecule is CC(C)COCCn1cccc1. The molecule has 0 spiro atoms. The number of nitrogens with zero attached hydrogens (tertiary/aromatic N) is 1. The summed E-state index contributed by atoms with van der Waals surface area (Å²) in [6.07, 6.45) is 4.11. The molecule has 68 valence electrons. The number of aromatic nitrogens is 1. The van der Waals surface area contributed by atoms with E-state index >= 15 is 0 Å². The minimum Gasteiger partial charge on any atom is -0.379 e. The molecule has 0 saturated heterocycles. The minimum atomic E-state index is 0.634. The van der Waals surface area contributed by atoms with Crippen LogP contribution in [0.4, 0.5) is 0 Å². The molecule has 0 radical (unpaired) electrons. The molecule has 0 saturated carbocycles. The van der Waals surface area contributed by atoms with E-state index in [0.717, 1.165) is 19.8 Å². The summed E-state index contributed by atoms with van der Waals surface area (Å²) < 4.78 is 7.57. The van der Waals surface area contributed by atoms with Crippen LogP contribution < -0.4 is 0 Å². The van der Waals surface area contributed by atoms with Crippen LogP contribution in [-0.2, 0) is 11.3 Å². The van der Waals surface area contributed by atoms with Gasteiger partial charge in [-0.05, 0) is 18.1 Å². The smallest absolute Gasteiger partial charge is 0.0645 e. The van der Waals surface area contributed by atoms with Crippen LogP contribution in [0.25, 0.3) is 0 Å². The van der Waals surface area contributed by atoms with E-state index in [4.69, 9.17) is 4.74 Å². The molecule has 1 aromatic rings. The first kappa shape index (κ1) is 9.33. The topological polar surface area (TPSA) is 14.2 Å². The third-order valence-corrected chi connectivity index (χ3v) is 1.61. The lowest BCUT2D eigenvalue weighted by Crippen LogP contribution is -2.08. The summed E-state index contributed by atoms with van der Waals surface area (Å²) in [5.74, 6) is 0.634. The highest BCUT2D eigenvalue weighted by molar-refractivity contribution is 4.89. The molecule has 0 fully saturated rings. The van der Waals surface area contributed by atoms with Crippen LogP contribution in [0.1, 0.15) is 13.8 Å². The van der Waals surface area contributed by atoms with Crippen LogP contribution in [0.3, 0.4) is 0 Å². The maximum absolute atomic E-state index is 5.45. The highest BCUT2D eigenvalue weighted by atomic mass is 16.5. The highest BCUT2D eigenvalue weighted by Gasteiger charge is 1.93. The van der Waals surface area contributed by atoms with Crippen LogP contribution in [0, 0.1) is 5.92 Å². The van der Waals surface area contributed by atoms with Gasteiger partial charge in [-0.25, -0.2) is 0 Å². The van der Waals surface area contributed by atoms with E-state index in [9.17, 15) is 0 Å². The second kappa shape index (κ2) is 4.99.